The molecule has 2 aromatic carbocycles. The number of nitrogens with zero attached hydrogens (tertiary/aromatic N) is 1. The van der Waals surface area contributed by atoms with E-state index in [0.29, 0.717) is 25.4 Å². The molecule has 0 fully saturated rings. The Morgan fingerprint density at radius 3 is 2.67 bits per heavy atom. The predicted molar refractivity (Wildman–Crippen MR) is 119 cm³/mol. The number of rotatable bonds is 7. The standard InChI is InChI=1S/C25H29N3O2/c1-16(2)12-14-26-22(29)13-15-28-24(18-8-4-5-9-19(18)25(28)30)23-17(3)27-21-11-7-6-10-20(21)23/h4-11,16,24,27H,12-15H2,1-3H3,(H,26,29). The summed E-state index contributed by atoms with van der Waals surface area (Å²) in [6, 6.07) is 15.8. The highest BCUT2D eigenvalue weighted by Gasteiger charge is 2.39. The van der Waals surface area contributed by atoms with Crippen LogP contribution in [0.1, 0.15) is 59.9 Å². The highest BCUT2D eigenvalue weighted by atomic mass is 16.2. The topological polar surface area (TPSA) is 65.2 Å². The molecule has 0 spiro atoms. The third kappa shape index (κ3) is 3.72. The zero-order valence-electron chi connectivity index (χ0n) is 17.9. The fraction of sp³-hybridized carbons (Fsp3) is 0.360. The van der Waals surface area contributed by atoms with Crippen LogP contribution in [0.2, 0.25) is 0 Å². The first-order chi connectivity index (χ1) is 14.5. The van der Waals surface area contributed by atoms with Gasteiger partial charge in [0, 0.05) is 47.2 Å². The summed E-state index contributed by atoms with van der Waals surface area (Å²) >= 11 is 0. The van der Waals surface area contributed by atoms with Crippen molar-refractivity contribution in [2.24, 2.45) is 5.92 Å². The molecule has 0 radical (unpaired) electrons. The fourth-order valence-electron chi connectivity index (χ4n) is 4.37. The summed E-state index contributed by atoms with van der Waals surface area (Å²) in [5, 5.41) is 4.10. The van der Waals surface area contributed by atoms with E-state index < -0.39 is 0 Å². The summed E-state index contributed by atoms with van der Waals surface area (Å²) < 4.78 is 0. The van der Waals surface area contributed by atoms with Gasteiger partial charge in [-0.15, -0.1) is 0 Å². The molecule has 30 heavy (non-hydrogen) atoms. The van der Waals surface area contributed by atoms with E-state index in [1.165, 1.54) is 0 Å². The van der Waals surface area contributed by atoms with Crippen LogP contribution in [0.3, 0.4) is 0 Å². The van der Waals surface area contributed by atoms with Gasteiger partial charge in [-0.2, -0.15) is 0 Å². The second-order valence-electron chi connectivity index (χ2n) is 8.48. The number of H-pyrrole nitrogens is 1. The average Bonchev–Trinajstić information content (AvgIpc) is 3.19. The minimum absolute atomic E-state index is 0.00439. The molecule has 5 nitrogen and oxygen atoms in total. The van der Waals surface area contributed by atoms with Crippen molar-refractivity contribution in [2.75, 3.05) is 13.1 Å². The van der Waals surface area contributed by atoms with Crippen molar-refractivity contribution in [3.8, 4) is 0 Å². The number of benzene rings is 2. The summed E-state index contributed by atoms with van der Waals surface area (Å²) in [4.78, 5) is 30.9. The summed E-state index contributed by atoms with van der Waals surface area (Å²) in [7, 11) is 0. The normalized spacial score (nSPS) is 15.8. The van der Waals surface area contributed by atoms with E-state index >= 15 is 0 Å². The lowest BCUT2D eigenvalue weighted by Gasteiger charge is -2.26. The number of aromatic nitrogens is 1. The second kappa shape index (κ2) is 8.34. The Kier molecular flexibility index (Phi) is 5.62. The van der Waals surface area contributed by atoms with Crippen LogP contribution < -0.4 is 5.32 Å². The van der Waals surface area contributed by atoms with Gasteiger partial charge in [0.1, 0.15) is 0 Å². The highest BCUT2D eigenvalue weighted by Crippen LogP contribution is 2.42. The number of hydrogen-bond donors (Lipinski definition) is 2. The molecule has 1 aliphatic heterocycles. The van der Waals surface area contributed by atoms with E-state index in [2.05, 4.69) is 43.2 Å². The molecule has 5 heteroatoms. The summed E-state index contributed by atoms with van der Waals surface area (Å²) in [6.45, 7) is 7.40. The van der Waals surface area contributed by atoms with Crippen molar-refractivity contribution in [1.29, 1.82) is 0 Å². The van der Waals surface area contributed by atoms with Gasteiger partial charge in [-0.05, 0) is 37.0 Å². The Bertz CT molecular complexity index is 1080. The van der Waals surface area contributed by atoms with Gasteiger partial charge >= 0.3 is 0 Å². The van der Waals surface area contributed by atoms with Gasteiger partial charge in [0.2, 0.25) is 5.91 Å². The van der Waals surface area contributed by atoms with Gasteiger partial charge in [-0.25, -0.2) is 0 Å². The van der Waals surface area contributed by atoms with Gasteiger partial charge in [-0.1, -0.05) is 50.2 Å². The van der Waals surface area contributed by atoms with E-state index in [4.69, 9.17) is 0 Å². The van der Waals surface area contributed by atoms with Crippen LogP contribution in [0, 0.1) is 12.8 Å². The quantitative estimate of drug-likeness (QED) is 0.607. The number of nitrogens with one attached hydrogen (secondary N) is 2. The van der Waals surface area contributed by atoms with Crippen molar-refractivity contribution in [1.82, 2.24) is 15.2 Å². The number of aromatic amines is 1. The molecule has 156 valence electrons. The fourth-order valence-corrected chi connectivity index (χ4v) is 4.37. The van der Waals surface area contributed by atoms with E-state index in [1.807, 2.05) is 41.3 Å². The first-order valence-corrected chi connectivity index (χ1v) is 10.7. The van der Waals surface area contributed by atoms with Crippen LogP contribution >= 0.6 is 0 Å². The van der Waals surface area contributed by atoms with Gasteiger partial charge in [0.25, 0.3) is 5.91 Å². The van der Waals surface area contributed by atoms with Gasteiger partial charge in [0.15, 0.2) is 0 Å². The predicted octanol–water partition coefficient (Wildman–Crippen LogP) is 4.57. The van der Waals surface area contributed by atoms with Crippen LogP contribution in [0.4, 0.5) is 0 Å². The van der Waals surface area contributed by atoms with Crippen molar-refractivity contribution in [3.05, 3.63) is 70.9 Å². The molecular formula is C25H29N3O2. The third-order valence-corrected chi connectivity index (χ3v) is 5.90. The van der Waals surface area contributed by atoms with E-state index in [9.17, 15) is 9.59 Å². The number of fused-ring (bicyclic) bond motifs is 2. The summed E-state index contributed by atoms with van der Waals surface area (Å²) in [6.07, 6.45) is 1.26. The molecular weight excluding hydrogens is 374 g/mol. The maximum Gasteiger partial charge on any atom is 0.255 e. The number of hydrogen-bond acceptors (Lipinski definition) is 2. The van der Waals surface area contributed by atoms with Crippen LogP contribution in [-0.2, 0) is 4.79 Å². The minimum atomic E-state index is -0.187. The Labute approximate surface area is 177 Å². The highest BCUT2D eigenvalue weighted by molar-refractivity contribution is 6.01. The van der Waals surface area contributed by atoms with Gasteiger partial charge < -0.3 is 15.2 Å². The SMILES string of the molecule is Cc1[nH]c2ccccc2c1C1c2ccccc2C(=O)N1CCC(=O)NCCC(C)C. The Balaban J connectivity index is 1.63. The number of aryl methyl sites for hydroxylation is 1. The number of carbonyl (C=O) groups excluding carboxylic acids is 2. The zero-order valence-corrected chi connectivity index (χ0v) is 17.9. The molecule has 0 saturated carbocycles. The first kappa shape index (κ1) is 20.2. The van der Waals surface area contributed by atoms with Crippen molar-refractivity contribution in [2.45, 2.75) is 39.7 Å². The van der Waals surface area contributed by atoms with E-state index in [0.717, 1.165) is 39.7 Å². The summed E-state index contributed by atoms with van der Waals surface area (Å²) in [5.41, 5.74) is 4.97. The molecule has 1 atom stereocenters. The molecule has 1 aromatic heterocycles. The first-order valence-electron chi connectivity index (χ1n) is 10.7. The third-order valence-electron chi connectivity index (χ3n) is 5.90. The van der Waals surface area contributed by atoms with Crippen LogP contribution in [0.5, 0.6) is 0 Å². The zero-order chi connectivity index (χ0) is 21.3. The smallest absolute Gasteiger partial charge is 0.255 e. The molecule has 0 bridgehead atoms. The Hall–Kier alpha value is -3.08. The van der Waals surface area contributed by atoms with E-state index in [1.54, 1.807) is 0 Å². The molecule has 1 unspecified atom stereocenters. The minimum Gasteiger partial charge on any atom is -0.358 e. The number of carbonyl (C=O) groups is 2. The van der Waals surface area contributed by atoms with E-state index in [-0.39, 0.29) is 17.9 Å². The molecule has 2 heterocycles. The molecule has 3 aromatic rings. The largest absolute Gasteiger partial charge is 0.358 e. The molecule has 1 aliphatic rings. The lowest BCUT2D eigenvalue weighted by atomic mass is 9.95. The van der Waals surface area contributed by atoms with Gasteiger partial charge in [0.05, 0.1) is 6.04 Å². The molecule has 2 N–H and O–H groups in total. The number of amides is 2. The second-order valence-corrected chi connectivity index (χ2v) is 8.48. The van der Waals surface area contributed by atoms with Crippen LogP contribution in [-0.4, -0.2) is 34.8 Å². The maximum absolute atomic E-state index is 13.2. The Morgan fingerprint density at radius 2 is 1.87 bits per heavy atom. The lowest BCUT2D eigenvalue weighted by Crippen LogP contribution is -2.34. The van der Waals surface area contributed by atoms with Gasteiger partial charge in [-0.3, -0.25) is 9.59 Å². The lowest BCUT2D eigenvalue weighted by molar-refractivity contribution is -0.121. The molecule has 4 rings (SSSR count). The molecule has 0 aliphatic carbocycles. The maximum atomic E-state index is 13.2. The average molecular weight is 404 g/mol. The van der Waals surface area contributed by atoms with Crippen molar-refractivity contribution >= 4 is 22.7 Å². The Morgan fingerprint density at radius 1 is 1.13 bits per heavy atom. The monoisotopic (exact) mass is 403 g/mol. The van der Waals surface area contributed by atoms with Crippen molar-refractivity contribution < 1.29 is 9.59 Å². The van der Waals surface area contributed by atoms with Crippen molar-refractivity contribution in [3.63, 3.8) is 0 Å². The summed E-state index contributed by atoms with van der Waals surface area (Å²) in [5.74, 6) is 0.540. The molecule has 2 amide bonds. The van der Waals surface area contributed by atoms with Crippen LogP contribution in [0.25, 0.3) is 10.9 Å². The molecule has 0 saturated heterocycles. The number of para-hydroxylation sites is 1. The van der Waals surface area contributed by atoms with Crippen LogP contribution in [0.15, 0.2) is 48.5 Å².